The minimum Gasteiger partial charge on any atom is -0.508 e. The molecule has 2 aromatic carbocycles. The number of pyridine rings is 1. The van der Waals surface area contributed by atoms with E-state index in [4.69, 9.17) is 0 Å². The lowest BCUT2D eigenvalue weighted by atomic mass is 10.0. The van der Waals surface area contributed by atoms with Gasteiger partial charge in [-0.2, -0.15) is 0 Å². The van der Waals surface area contributed by atoms with E-state index in [2.05, 4.69) is 17.1 Å². The summed E-state index contributed by atoms with van der Waals surface area (Å²) in [6.07, 6.45) is 8.37. The summed E-state index contributed by atoms with van der Waals surface area (Å²) in [6.45, 7) is 1.80. The van der Waals surface area contributed by atoms with Crippen LogP contribution in [0.4, 0.5) is 4.39 Å². The maximum Gasteiger partial charge on any atom is 0.136 e. The number of aliphatic hydroxyl groups excluding tert-OH is 1. The summed E-state index contributed by atoms with van der Waals surface area (Å²) in [5, 5.41) is 20.6. The maximum atomic E-state index is 14.0. The number of nitrogens with zero attached hydrogens (tertiary/aromatic N) is 1. The summed E-state index contributed by atoms with van der Waals surface area (Å²) in [5.74, 6) is -0.592. The molecule has 1 aromatic heterocycles. The zero-order chi connectivity index (χ0) is 18.5. The van der Waals surface area contributed by atoms with Gasteiger partial charge < -0.3 is 10.2 Å². The number of allylic oxidation sites excluding steroid dienone is 1. The number of aromatic hydroxyl groups is 1. The van der Waals surface area contributed by atoms with Gasteiger partial charge in [0.15, 0.2) is 0 Å². The van der Waals surface area contributed by atoms with Gasteiger partial charge in [-0.05, 0) is 61.4 Å². The standard InChI is InChI=1S/C22H22FNO2/c1-15(25)5-3-2-4-6-16-7-8-17-12-22(24-14-18(17)11-16)20-10-9-19(26)13-21(20)23/h4,6-15,25-26H,2-3,5H2,1H3/b6-4+. The molecule has 26 heavy (non-hydrogen) atoms. The van der Waals surface area contributed by atoms with Gasteiger partial charge in [-0.3, -0.25) is 4.98 Å². The fourth-order valence-corrected chi connectivity index (χ4v) is 2.87. The molecule has 1 atom stereocenters. The number of halogens is 1. The molecule has 0 bridgehead atoms. The molecule has 3 aromatic rings. The first kappa shape index (κ1) is 18.1. The van der Waals surface area contributed by atoms with Gasteiger partial charge in [0, 0.05) is 23.2 Å². The number of fused-ring (bicyclic) bond motifs is 1. The highest BCUT2D eigenvalue weighted by molar-refractivity contribution is 5.87. The Labute approximate surface area is 152 Å². The summed E-state index contributed by atoms with van der Waals surface area (Å²) in [4.78, 5) is 4.36. The van der Waals surface area contributed by atoms with Gasteiger partial charge in [0.2, 0.25) is 0 Å². The van der Waals surface area contributed by atoms with E-state index in [9.17, 15) is 14.6 Å². The minimum absolute atomic E-state index is 0.100. The number of benzene rings is 2. The van der Waals surface area contributed by atoms with E-state index in [0.29, 0.717) is 11.3 Å². The van der Waals surface area contributed by atoms with Crippen LogP contribution in [0.1, 0.15) is 31.7 Å². The lowest BCUT2D eigenvalue weighted by molar-refractivity contribution is 0.182. The normalized spacial score (nSPS) is 12.7. The molecule has 4 heteroatoms. The number of aliphatic hydroxyl groups is 1. The molecule has 0 amide bonds. The average Bonchev–Trinajstić information content (AvgIpc) is 2.61. The molecule has 134 valence electrons. The third-order valence-electron chi connectivity index (χ3n) is 4.28. The Bertz CT molecular complexity index is 935. The van der Waals surface area contributed by atoms with E-state index in [0.717, 1.165) is 41.7 Å². The SMILES string of the molecule is CC(O)CCC/C=C/c1ccc2cc(-c3ccc(O)cc3F)ncc2c1. The van der Waals surface area contributed by atoms with Crippen LogP contribution >= 0.6 is 0 Å². The first-order valence-electron chi connectivity index (χ1n) is 8.76. The number of phenolic OH excluding ortho intramolecular Hbond substituents is 1. The van der Waals surface area contributed by atoms with Crippen molar-refractivity contribution >= 4 is 16.8 Å². The molecule has 0 radical (unpaired) electrons. The van der Waals surface area contributed by atoms with Gasteiger partial charge in [0.1, 0.15) is 11.6 Å². The third kappa shape index (κ3) is 4.46. The maximum absolute atomic E-state index is 14.0. The first-order chi connectivity index (χ1) is 12.5. The van der Waals surface area contributed by atoms with Crippen LogP contribution in [0.15, 0.2) is 54.7 Å². The number of hydrogen-bond donors (Lipinski definition) is 2. The molecule has 1 heterocycles. The highest BCUT2D eigenvalue weighted by Gasteiger charge is 2.08. The van der Waals surface area contributed by atoms with Gasteiger partial charge >= 0.3 is 0 Å². The lowest BCUT2D eigenvalue weighted by Gasteiger charge is -2.06. The zero-order valence-corrected chi connectivity index (χ0v) is 14.7. The second kappa shape index (κ2) is 8.11. The molecule has 2 N–H and O–H groups in total. The van der Waals surface area contributed by atoms with Gasteiger partial charge in [-0.15, -0.1) is 0 Å². The molecule has 0 saturated heterocycles. The second-order valence-electron chi connectivity index (χ2n) is 6.52. The first-order valence-corrected chi connectivity index (χ1v) is 8.76. The van der Waals surface area contributed by atoms with E-state index in [1.54, 1.807) is 13.1 Å². The van der Waals surface area contributed by atoms with Crippen LogP contribution in [0.5, 0.6) is 5.75 Å². The van der Waals surface area contributed by atoms with Crippen molar-refractivity contribution in [2.75, 3.05) is 0 Å². The van der Waals surface area contributed by atoms with Crippen molar-refractivity contribution in [1.82, 2.24) is 4.98 Å². The molecule has 0 fully saturated rings. The summed E-state index contributed by atoms with van der Waals surface area (Å²) in [5.41, 5.74) is 1.99. The van der Waals surface area contributed by atoms with Crippen molar-refractivity contribution < 1.29 is 14.6 Å². The zero-order valence-electron chi connectivity index (χ0n) is 14.7. The van der Waals surface area contributed by atoms with E-state index >= 15 is 0 Å². The molecule has 0 aliphatic heterocycles. The Morgan fingerprint density at radius 1 is 1.12 bits per heavy atom. The number of phenols is 1. The molecule has 3 rings (SSSR count). The van der Waals surface area contributed by atoms with E-state index < -0.39 is 5.82 Å². The van der Waals surface area contributed by atoms with Crippen LogP contribution in [0, 0.1) is 5.82 Å². The van der Waals surface area contributed by atoms with Gasteiger partial charge in [0.25, 0.3) is 0 Å². The van der Waals surface area contributed by atoms with Crippen molar-refractivity contribution in [3.8, 4) is 17.0 Å². The molecular weight excluding hydrogens is 329 g/mol. The van der Waals surface area contributed by atoms with Crippen LogP contribution in [0.25, 0.3) is 28.1 Å². The fraction of sp³-hybridized carbons (Fsp3) is 0.227. The van der Waals surface area contributed by atoms with Crippen LogP contribution in [-0.4, -0.2) is 21.3 Å². The molecule has 0 aliphatic rings. The van der Waals surface area contributed by atoms with Crippen molar-refractivity contribution in [3.63, 3.8) is 0 Å². The Morgan fingerprint density at radius 2 is 1.96 bits per heavy atom. The number of unbranched alkanes of at least 4 members (excludes halogenated alkanes) is 1. The third-order valence-corrected chi connectivity index (χ3v) is 4.28. The lowest BCUT2D eigenvalue weighted by Crippen LogP contribution is -1.97. The average molecular weight is 351 g/mol. The summed E-state index contributed by atoms with van der Waals surface area (Å²) >= 11 is 0. The summed E-state index contributed by atoms with van der Waals surface area (Å²) in [6, 6.07) is 12.0. The second-order valence-corrected chi connectivity index (χ2v) is 6.52. The molecule has 3 nitrogen and oxygen atoms in total. The molecule has 0 aliphatic carbocycles. The van der Waals surface area contributed by atoms with Gasteiger partial charge in [-0.25, -0.2) is 4.39 Å². The molecule has 0 saturated carbocycles. The number of hydrogen-bond acceptors (Lipinski definition) is 3. The topological polar surface area (TPSA) is 53.4 Å². The van der Waals surface area contributed by atoms with Gasteiger partial charge in [0.05, 0.1) is 11.8 Å². The molecular formula is C22H22FNO2. The van der Waals surface area contributed by atoms with Crippen molar-refractivity contribution in [1.29, 1.82) is 0 Å². The Morgan fingerprint density at radius 3 is 2.73 bits per heavy atom. The van der Waals surface area contributed by atoms with E-state index in [1.807, 2.05) is 24.3 Å². The van der Waals surface area contributed by atoms with Crippen molar-refractivity contribution in [2.24, 2.45) is 0 Å². The largest absolute Gasteiger partial charge is 0.508 e. The highest BCUT2D eigenvalue weighted by Crippen LogP contribution is 2.27. The quantitative estimate of drug-likeness (QED) is 0.592. The minimum atomic E-state index is -0.492. The molecule has 1 unspecified atom stereocenters. The van der Waals surface area contributed by atoms with Crippen LogP contribution in [-0.2, 0) is 0 Å². The summed E-state index contributed by atoms with van der Waals surface area (Å²) in [7, 11) is 0. The van der Waals surface area contributed by atoms with Crippen molar-refractivity contribution in [3.05, 3.63) is 66.1 Å². The van der Waals surface area contributed by atoms with Gasteiger partial charge in [-0.1, -0.05) is 24.3 Å². The monoisotopic (exact) mass is 351 g/mol. The number of aromatic nitrogens is 1. The predicted molar refractivity (Wildman–Crippen MR) is 103 cm³/mol. The van der Waals surface area contributed by atoms with E-state index in [-0.39, 0.29) is 11.9 Å². The summed E-state index contributed by atoms with van der Waals surface area (Å²) < 4.78 is 14.0. The smallest absolute Gasteiger partial charge is 0.136 e. The highest BCUT2D eigenvalue weighted by atomic mass is 19.1. The molecule has 0 spiro atoms. The van der Waals surface area contributed by atoms with Crippen LogP contribution < -0.4 is 0 Å². The fourth-order valence-electron chi connectivity index (χ4n) is 2.87. The van der Waals surface area contributed by atoms with Crippen LogP contribution in [0.3, 0.4) is 0 Å². The Hall–Kier alpha value is -2.72. The van der Waals surface area contributed by atoms with Crippen LogP contribution in [0.2, 0.25) is 0 Å². The Kier molecular flexibility index (Phi) is 5.64. The predicted octanol–water partition coefficient (Wildman–Crippen LogP) is 5.31. The number of rotatable bonds is 6. The Balaban J connectivity index is 1.78. The van der Waals surface area contributed by atoms with Crippen molar-refractivity contribution in [2.45, 2.75) is 32.3 Å². The van der Waals surface area contributed by atoms with E-state index in [1.165, 1.54) is 12.1 Å².